The summed E-state index contributed by atoms with van der Waals surface area (Å²) in [7, 11) is 1.87. The van der Waals surface area contributed by atoms with Gasteiger partial charge in [-0.15, -0.1) is 0 Å². The van der Waals surface area contributed by atoms with Crippen LogP contribution >= 0.6 is 0 Å². The fourth-order valence-electron chi connectivity index (χ4n) is 1.37. The van der Waals surface area contributed by atoms with Crippen molar-refractivity contribution in [2.24, 2.45) is 0 Å². The topological polar surface area (TPSA) is 21.3 Å². The highest BCUT2D eigenvalue weighted by molar-refractivity contribution is 5.16. The molecule has 3 heteroatoms. The van der Waals surface area contributed by atoms with E-state index in [1.807, 2.05) is 27.0 Å². The summed E-state index contributed by atoms with van der Waals surface area (Å²) >= 11 is 0. The molecule has 0 atom stereocenters. The van der Waals surface area contributed by atoms with Crippen LogP contribution in [0.1, 0.15) is 19.4 Å². The molecule has 0 unspecified atom stereocenters. The average molecular weight is 211 g/mol. The minimum atomic E-state index is -0.281. The zero-order valence-electron chi connectivity index (χ0n) is 9.51. The molecule has 15 heavy (non-hydrogen) atoms. The lowest BCUT2D eigenvalue weighted by Gasteiger charge is -2.25. The average Bonchev–Trinajstić information content (AvgIpc) is 2.16. The van der Waals surface area contributed by atoms with E-state index in [4.69, 9.17) is 4.74 Å². The molecule has 0 amide bonds. The molecule has 0 aromatic heterocycles. The third-order valence-corrected chi connectivity index (χ3v) is 2.18. The van der Waals surface area contributed by atoms with E-state index in [9.17, 15) is 4.39 Å². The lowest BCUT2D eigenvalue weighted by molar-refractivity contribution is -0.0278. The summed E-state index contributed by atoms with van der Waals surface area (Å²) in [6, 6.07) is 6.68. The molecule has 1 N–H and O–H groups in total. The number of benzene rings is 1. The van der Waals surface area contributed by atoms with E-state index in [1.54, 1.807) is 12.1 Å². The molecule has 0 spiro atoms. The van der Waals surface area contributed by atoms with Crippen LogP contribution in [0.4, 0.5) is 4.39 Å². The molecule has 0 bridgehead atoms. The maximum absolute atomic E-state index is 13.3. The van der Waals surface area contributed by atoms with Gasteiger partial charge in [-0.1, -0.05) is 18.2 Å². The first-order chi connectivity index (χ1) is 7.05. The summed E-state index contributed by atoms with van der Waals surface area (Å²) in [6.07, 6.45) is 0. The van der Waals surface area contributed by atoms with Crippen molar-refractivity contribution in [2.75, 3.05) is 13.6 Å². The van der Waals surface area contributed by atoms with Crippen LogP contribution in [0.25, 0.3) is 0 Å². The Balaban J connectivity index is 2.53. The minimum absolute atomic E-state index is 0.210. The molecule has 0 saturated heterocycles. The first-order valence-electron chi connectivity index (χ1n) is 5.07. The molecule has 1 rings (SSSR count). The fourth-order valence-corrected chi connectivity index (χ4v) is 1.37. The van der Waals surface area contributed by atoms with Crippen molar-refractivity contribution < 1.29 is 9.13 Å². The highest BCUT2D eigenvalue weighted by Crippen LogP contribution is 2.14. The summed E-state index contributed by atoms with van der Waals surface area (Å²) in [6.45, 7) is 5.00. The van der Waals surface area contributed by atoms with Gasteiger partial charge in [-0.05, 0) is 27.0 Å². The van der Waals surface area contributed by atoms with Gasteiger partial charge in [-0.25, -0.2) is 4.39 Å². The summed E-state index contributed by atoms with van der Waals surface area (Å²) < 4.78 is 18.9. The predicted molar refractivity (Wildman–Crippen MR) is 59.2 cm³/mol. The van der Waals surface area contributed by atoms with Crippen molar-refractivity contribution >= 4 is 0 Å². The van der Waals surface area contributed by atoms with Crippen LogP contribution in [0.2, 0.25) is 0 Å². The summed E-state index contributed by atoms with van der Waals surface area (Å²) in [4.78, 5) is 0. The van der Waals surface area contributed by atoms with Crippen molar-refractivity contribution in [2.45, 2.75) is 26.1 Å². The number of rotatable bonds is 5. The van der Waals surface area contributed by atoms with Crippen molar-refractivity contribution in [3.63, 3.8) is 0 Å². The van der Waals surface area contributed by atoms with E-state index < -0.39 is 0 Å². The van der Waals surface area contributed by atoms with Gasteiger partial charge in [-0.2, -0.15) is 0 Å². The van der Waals surface area contributed by atoms with Gasteiger partial charge in [0.1, 0.15) is 5.82 Å². The summed E-state index contributed by atoms with van der Waals surface area (Å²) in [5, 5.41) is 3.04. The summed E-state index contributed by atoms with van der Waals surface area (Å²) in [5.74, 6) is -0.210. The molecule has 2 nitrogen and oxygen atoms in total. The number of hydrogen-bond donors (Lipinski definition) is 1. The molecule has 1 aromatic rings. The third-order valence-electron chi connectivity index (χ3n) is 2.18. The molecule has 0 saturated carbocycles. The number of ether oxygens (including phenoxy) is 1. The monoisotopic (exact) mass is 211 g/mol. The van der Waals surface area contributed by atoms with Crippen LogP contribution in [0.15, 0.2) is 24.3 Å². The molecule has 84 valence electrons. The van der Waals surface area contributed by atoms with Crippen LogP contribution in [-0.2, 0) is 11.3 Å². The number of hydrogen-bond acceptors (Lipinski definition) is 2. The standard InChI is InChI=1S/C12H18FNO/c1-12(2,9-14-3)15-8-10-6-4-5-7-11(10)13/h4-7,14H,8-9H2,1-3H3. The maximum atomic E-state index is 13.3. The largest absolute Gasteiger partial charge is 0.369 e. The zero-order chi connectivity index (χ0) is 11.3. The van der Waals surface area contributed by atoms with Crippen LogP contribution in [0, 0.1) is 5.82 Å². The Bertz CT molecular complexity index is 312. The first-order valence-corrected chi connectivity index (χ1v) is 5.07. The highest BCUT2D eigenvalue weighted by atomic mass is 19.1. The smallest absolute Gasteiger partial charge is 0.128 e. The van der Waals surface area contributed by atoms with Crippen molar-refractivity contribution in [1.82, 2.24) is 5.32 Å². The molecule has 0 radical (unpaired) electrons. The van der Waals surface area contributed by atoms with E-state index in [1.165, 1.54) is 6.07 Å². The zero-order valence-corrected chi connectivity index (χ0v) is 9.51. The summed E-state index contributed by atoms with van der Waals surface area (Å²) in [5.41, 5.74) is 0.318. The fraction of sp³-hybridized carbons (Fsp3) is 0.500. The Morgan fingerprint density at radius 3 is 2.60 bits per heavy atom. The molecule has 0 aliphatic heterocycles. The van der Waals surface area contributed by atoms with Gasteiger partial charge in [0.2, 0.25) is 0 Å². The van der Waals surface area contributed by atoms with Crippen LogP contribution in [-0.4, -0.2) is 19.2 Å². The normalized spacial score (nSPS) is 11.7. The molecule has 0 heterocycles. The van der Waals surface area contributed by atoms with E-state index >= 15 is 0 Å². The first kappa shape index (κ1) is 12.1. The molecular weight excluding hydrogens is 193 g/mol. The number of nitrogens with one attached hydrogen (secondary N) is 1. The van der Waals surface area contributed by atoms with Gasteiger partial charge in [0, 0.05) is 12.1 Å². The predicted octanol–water partition coefficient (Wildman–Crippen LogP) is 2.34. The van der Waals surface area contributed by atoms with Crippen LogP contribution < -0.4 is 5.32 Å². The van der Waals surface area contributed by atoms with Crippen molar-refractivity contribution in [3.05, 3.63) is 35.6 Å². The Hall–Kier alpha value is -0.930. The van der Waals surface area contributed by atoms with Gasteiger partial charge in [0.25, 0.3) is 0 Å². The molecule has 1 aromatic carbocycles. The second-order valence-electron chi connectivity index (χ2n) is 4.17. The Morgan fingerprint density at radius 1 is 1.33 bits per heavy atom. The van der Waals surface area contributed by atoms with Gasteiger partial charge in [0.15, 0.2) is 0 Å². The van der Waals surface area contributed by atoms with E-state index in [0.717, 1.165) is 6.54 Å². The highest BCUT2D eigenvalue weighted by Gasteiger charge is 2.17. The van der Waals surface area contributed by atoms with Crippen molar-refractivity contribution in [3.8, 4) is 0 Å². The Kier molecular flexibility index (Phi) is 4.24. The van der Waals surface area contributed by atoms with Gasteiger partial charge in [0.05, 0.1) is 12.2 Å². The number of likely N-dealkylation sites (N-methyl/N-ethyl adjacent to an activating group) is 1. The van der Waals surface area contributed by atoms with Crippen LogP contribution in [0.3, 0.4) is 0 Å². The lowest BCUT2D eigenvalue weighted by atomic mass is 10.1. The van der Waals surface area contributed by atoms with E-state index in [-0.39, 0.29) is 11.4 Å². The van der Waals surface area contributed by atoms with E-state index in [0.29, 0.717) is 12.2 Å². The Morgan fingerprint density at radius 2 is 2.00 bits per heavy atom. The van der Waals surface area contributed by atoms with Crippen molar-refractivity contribution in [1.29, 1.82) is 0 Å². The number of halogens is 1. The molecule has 0 fully saturated rings. The van der Waals surface area contributed by atoms with Crippen LogP contribution in [0.5, 0.6) is 0 Å². The Labute approximate surface area is 90.4 Å². The van der Waals surface area contributed by atoms with Gasteiger partial charge < -0.3 is 10.1 Å². The molecule has 0 aliphatic carbocycles. The maximum Gasteiger partial charge on any atom is 0.128 e. The third kappa shape index (κ3) is 3.98. The SMILES string of the molecule is CNCC(C)(C)OCc1ccccc1F. The van der Waals surface area contributed by atoms with E-state index in [2.05, 4.69) is 5.32 Å². The molecule has 0 aliphatic rings. The second kappa shape index (κ2) is 5.24. The quantitative estimate of drug-likeness (QED) is 0.807. The van der Waals surface area contributed by atoms with Gasteiger partial charge in [-0.3, -0.25) is 0 Å². The second-order valence-corrected chi connectivity index (χ2v) is 4.17. The lowest BCUT2D eigenvalue weighted by Crippen LogP contribution is -2.35. The molecular formula is C12H18FNO. The minimum Gasteiger partial charge on any atom is -0.369 e. The van der Waals surface area contributed by atoms with Gasteiger partial charge >= 0.3 is 0 Å².